The number of benzene rings is 1. The second-order valence-electron chi connectivity index (χ2n) is 5.90. The Bertz CT molecular complexity index is 734. The Hall–Kier alpha value is -2.87. The van der Waals surface area contributed by atoms with Gasteiger partial charge in [0.25, 0.3) is 5.91 Å². The monoisotopic (exact) mass is 343 g/mol. The first-order valence-electron chi connectivity index (χ1n) is 8.03. The summed E-state index contributed by atoms with van der Waals surface area (Å²) in [5.74, 6) is 1.63. The largest absolute Gasteiger partial charge is 0.454 e. The van der Waals surface area contributed by atoms with Crippen molar-refractivity contribution in [1.82, 2.24) is 20.2 Å². The van der Waals surface area contributed by atoms with Crippen LogP contribution >= 0.6 is 0 Å². The van der Waals surface area contributed by atoms with Crippen molar-refractivity contribution >= 4 is 17.5 Å². The number of carbonyl (C=O) groups excluding carboxylic acids is 1. The lowest BCUT2D eigenvalue weighted by molar-refractivity contribution is 0.0951. The van der Waals surface area contributed by atoms with Crippen LogP contribution in [-0.2, 0) is 0 Å². The van der Waals surface area contributed by atoms with Crippen molar-refractivity contribution < 1.29 is 14.3 Å². The average Bonchev–Trinajstić information content (AvgIpc) is 3.07. The fraction of sp³-hybridized carbons (Fsp3) is 0.353. The number of rotatable bonds is 7. The van der Waals surface area contributed by atoms with Gasteiger partial charge in [-0.15, -0.1) is 0 Å². The molecule has 1 aliphatic rings. The van der Waals surface area contributed by atoms with Crippen LogP contribution in [-0.4, -0.2) is 54.8 Å². The summed E-state index contributed by atoms with van der Waals surface area (Å²) in [6.07, 6.45) is 3.90. The van der Waals surface area contributed by atoms with Crippen LogP contribution in [0.3, 0.4) is 0 Å². The fourth-order valence-corrected chi connectivity index (χ4v) is 2.31. The molecule has 0 unspecified atom stereocenters. The first-order valence-corrected chi connectivity index (χ1v) is 8.03. The van der Waals surface area contributed by atoms with Crippen molar-refractivity contribution in [2.45, 2.75) is 6.42 Å². The molecule has 0 saturated heterocycles. The number of anilines is 2. The van der Waals surface area contributed by atoms with Crippen molar-refractivity contribution in [3.05, 3.63) is 36.2 Å². The van der Waals surface area contributed by atoms with Crippen LogP contribution in [0.5, 0.6) is 11.5 Å². The third-order valence-corrected chi connectivity index (χ3v) is 3.61. The van der Waals surface area contributed by atoms with Gasteiger partial charge in [-0.1, -0.05) is 0 Å². The molecule has 0 fully saturated rings. The molecule has 8 nitrogen and oxygen atoms in total. The van der Waals surface area contributed by atoms with E-state index in [0.717, 1.165) is 18.7 Å². The maximum atomic E-state index is 12.0. The van der Waals surface area contributed by atoms with E-state index in [-0.39, 0.29) is 12.7 Å². The molecule has 0 spiro atoms. The number of ether oxygens (including phenoxy) is 2. The minimum Gasteiger partial charge on any atom is -0.454 e. The summed E-state index contributed by atoms with van der Waals surface area (Å²) in [4.78, 5) is 22.5. The molecule has 1 aliphatic heterocycles. The minimum atomic E-state index is -0.173. The van der Waals surface area contributed by atoms with Gasteiger partial charge >= 0.3 is 0 Å². The Morgan fingerprint density at radius 3 is 2.72 bits per heavy atom. The quantitative estimate of drug-likeness (QED) is 0.739. The minimum absolute atomic E-state index is 0.173. The smallest absolute Gasteiger partial charge is 0.254 e. The molecule has 132 valence electrons. The van der Waals surface area contributed by atoms with Crippen LogP contribution in [0.25, 0.3) is 0 Å². The number of nitrogens with one attached hydrogen (secondary N) is 2. The van der Waals surface area contributed by atoms with E-state index in [1.807, 2.05) is 32.3 Å². The van der Waals surface area contributed by atoms with Crippen molar-refractivity contribution in [2.24, 2.45) is 0 Å². The van der Waals surface area contributed by atoms with Crippen molar-refractivity contribution in [3.63, 3.8) is 0 Å². The van der Waals surface area contributed by atoms with Crippen molar-refractivity contribution in [3.8, 4) is 11.5 Å². The number of fused-ring (bicyclic) bond motifs is 1. The van der Waals surface area contributed by atoms with Crippen LogP contribution in [0, 0.1) is 0 Å². The second-order valence-corrected chi connectivity index (χ2v) is 5.90. The van der Waals surface area contributed by atoms with E-state index in [4.69, 9.17) is 9.47 Å². The third kappa shape index (κ3) is 4.57. The van der Waals surface area contributed by atoms with E-state index in [2.05, 4.69) is 25.5 Å². The van der Waals surface area contributed by atoms with Crippen LogP contribution in [0.4, 0.5) is 11.6 Å². The number of carbonyl (C=O) groups is 1. The second kappa shape index (κ2) is 7.80. The maximum Gasteiger partial charge on any atom is 0.254 e. The highest BCUT2D eigenvalue weighted by molar-refractivity contribution is 5.93. The zero-order valence-corrected chi connectivity index (χ0v) is 14.3. The lowest BCUT2D eigenvalue weighted by atomic mass is 10.3. The van der Waals surface area contributed by atoms with Gasteiger partial charge in [-0.25, -0.2) is 9.97 Å². The Morgan fingerprint density at radius 2 is 1.96 bits per heavy atom. The van der Waals surface area contributed by atoms with Crippen molar-refractivity contribution in [2.75, 3.05) is 39.3 Å². The lowest BCUT2D eigenvalue weighted by Gasteiger charge is -2.10. The van der Waals surface area contributed by atoms with E-state index in [9.17, 15) is 4.79 Å². The van der Waals surface area contributed by atoms with Crippen molar-refractivity contribution in [1.29, 1.82) is 0 Å². The number of amides is 1. The highest BCUT2D eigenvalue weighted by Crippen LogP contribution is 2.34. The van der Waals surface area contributed by atoms with Crippen LogP contribution in [0.15, 0.2) is 30.6 Å². The molecule has 2 aromatic rings. The van der Waals surface area contributed by atoms with Crippen LogP contribution < -0.4 is 20.1 Å². The molecule has 1 aromatic carbocycles. The summed E-state index contributed by atoms with van der Waals surface area (Å²) in [6.45, 7) is 1.77. The lowest BCUT2D eigenvalue weighted by Crippen LogP contribution is -2.27. The summed E-state index contributed by atoms with van der Waals surface area (Å²) in [5.41, 5.74) is 1.21. The van der Waals surface area contributed by atoms with E-state index in [0.29, 0.717) is 29.6 Å². The molecule has 2 heterocycles. The van der Waals surface area contributed by atoms with Gasteiger partial charge < -0.3 is 25.0 Å². The van der Waals surface area contributed by atoms with Gasteiger partial charge in [-0.3, -0.25) is 4.79 Å². The third-order valence-electron chi connectivity index (χ3n) is 3.61. The van der Waals surface area contributed by atoms with Gasteiger partial charge in [0.2, 0.25) is 12.7 Å². The summed E-state index contributed by atoms with van der Waals surface area (Å²) in [6, 6.07) is 5.49. The van der Waals surface area contributed by atoms with Crippen LogP contribution in [0.2, 0.25) is 0 Å². The van der Waals surface area contributed by atoms with E-state index >= 15 is 0 Å². The Balaban J connectivity index is 1.54. The van der Waals surface area contributed by atoms with E-state index in [1.165, 1.54) is 12.4 Å². The highest BCUT2D eigenvalue weighted by atomic mass is 16.7. The maximum absolute atomic E-state index is 12.0. The van der Waals surface area contributed by atoms with Gasteiger partial charge in [0.15, 0.2) is 11.5 Å². The van der Waals surface area contributed by atoms with Gasteiger partial charge in [-0.2, -0.15) is 0 Å². The summed E-state index contributed by atoms with van der Waals surface area (Å²) >= 11 is 0. The average molecular weight is 343 g/mol. The molecular formula is C17H21N5O3. The van der Waals surface area contributed by atoms with Gasteiger partial charge in [0.05, 0.1) is 5.56 Å². The molecule has 1 aromatic heterocycles. The standard InChI is InChI=1S/C17H21N5O3/c1-22(2)7-3-6-18-16(23)12-9-19-17(20-10-12)21-13-4-5-14-15(8-13)25-11-24-14/h4-5,8-10H,3,6-7,11H2,1-2H3,(H,18,23)(H,19,20,21). The molecule has 2 N–H and O–H groups in total. The first kappa shape index (κ1) is 17.0. The number of hydrogen-bond acceptors (Lipinski definition) is 7. The van der Waals surface area contributed by atoms with E-state index < -0.39 is 0 Å². The van der Waals surface area contributed by atoms with Crippen LogP contribution in [0.1, 0.15) is 16.8 Å². The number of nitrogens with zero attached hydrogens (tertiary/aromatic N) is 3. The van der Waals surface area contributed by atoms with Gasteiger partial charge in [0.1, 0.15) is 0 Å². The molecule has 8 heteroatoms. The molecule has 0 saturated carbocycles. The molecule has 0 atom stereocenters. The van der Waals surface area contributed by atoms with Gasteiger partial charge in [0, 0.05) is 30.7 Å². The summed E-state index contributed by atoms with van der Waals surface area (Å²) in [7, 11) is 4.00. The predicted octanol–water partition coefficient (Wildman–Crippen LogP) is 1.63. The zero-order valence-electron chi connectivity index (χ0n) is 14.3. The Morgan fingerprint density at radius 1 is 1.20 bits per heavy atom. The predicted molar refractivity (Wildman–Crippen MR) is 93.4 cm³/mol. The molecule has 25 heavy (non-hydrogen) atoms. The zero-order chi connectivity index (χ0) is 17.6. The normalized spacial score (nSPS) is 12.3. The molecule has 3 rings (SSSR count). The molecule has 1 amide bonds. The van der Waals surface area contributed by atoms with Gasteiger partial charge in [-0.05, 0) is 39.2 Å². The molecular weight excluding hydrogens is 322 g/mol. The summed E-state index contributed by atoms with van der Waals surface area (Å²) in [5, 5.41) is 5.92. The highest BCUT2D eigenvalue weighted by Gasteiger charge is 2.13. The number of hydrogen-bond donors (Lipinski definition) is 2. The Labute approximate surface area is 146 Å². The summed E-state index contributed by atoms with van der Waals surface area (Å²) < 4.78 is 10.6. The molecule has 0 bridgehead atoms. The molecule has 0 radical (unpaired) electrons. The Kier molecular flexibility index (Phi) is 5.30. The first-order chi connectivity index (χ1) is 12.1. The van der Waals surface area contributed by atoms with E-state index in [1.54, 1.807) is 0 Å². The topological polar surface area (TPSA) is 88.6 Å². The number of aromatic nitrogens is 2. The SMILES string of the molecule is CN(C)CCCNC(=O)c1cnc(Nc2ccc3c(c2)OCO3)nc1. The molecule has 0 aliphatic carbocycles. The fourth-order valence-electron chi connectivity index (χ4n) is 2.31.